The van der Waals surface area contributed by atoms with E-state index in [-0.39, 0.29) is 11.8 Å². The summed E-state index contributed by atoms with van der Waals surface area (Å²) in [5, 5.41) is 3.27. The molecule has 0 radical (unpaired) electrons. The first-order valence-corrected chi connectivity index (χ1v) is 7.34. The maximum absolute atomic E-state index is 11.9. The third-order valence-electron chi connectivity index (χ3n) is 2.84. The van der Waals surface area contributed by atoms with Crippen molar-refractivity contribution in [1.29, 1.82) is 0 Å². The van der Waals surface area contributed by atoms with E-state index < -0.39 is 10.0 Å². The third-order valence-corrected chi connectivity index (χ3v) is 4.79. The minimum absolute atomic E-state index is 0.156. The molecule has 1 saturated heterocycles. The topological polar surface area (TPSA) is 49.4 Å². The fourth-order valence-corrected chi connectivity index (χ4v) is 3.41. The second kappa shape index (κ2) is 5.82. The van der Waals surface area contributed by atoms with E-state index in [0.717, 1.165) is 25.8 Å². The summed E-state index contributed by atoms with van der Waals surface area (Å²) >= 11 is 0. The predicted molar refractivity (Wildman–Crippen MR) is 62.3 cm³/mol. The van der Waals surface area contributed by atoms with Crippen molar-refractivity contribution in [2.45, 2.75) is 38.6 Å². The van der Waals surface area contributed by atoms with Crippen LogP contribution in [0.1, 0.15) is 32.6 Å². The summed E-state index contributed by atoms with van der Waals surface area (Å²) in [7, 11) is -1.38. The Morgan fingerprint density at radius 2 is 2.13 bits per heavy atom. The van der Waals surface area contributed by atoms with Crippen LogP contribution in [0.15, 0.2) is 0 Å². The molecule has 1 aliphatic rings. The maximum Gasteiger partial charge on any atom is 0.215 e. The van der Waals surface area contributed by atoms with Crippen LogP contribution in [0, 0.1) is 0 Å². The molecule has 1 N–H and O–H groups in total. The molecule has 0 aromatic heterocycles. The Labute approximate surface area is 93.1 Å². The fraction of sp³-hybridized carbons (Fsp3) is 1.00. The van der Waals surface area contributed by atoms with Gasteiger partial charge in [0, 0.05) is 19.6 Å². The SMILES string of the molecule is CCCN(C)S(=O)(=O)CC1CCCCN1. The average Bonchev–Trinajstić information content (AvgIpc) is 2.19. The molecule has 0 aromatic rings. The van der Waals surface area contributed by atoms with Crippen LogP contribution in [0.4, 0.5) is 0 Å². The summed E-state index contributed by atoms with van der Waals surface area (Å²) in [6.07, 6.45) is 4.17. The monoisotopic (exact) mass is 234 g/mol. The van der Waals surface area contributed by atoms with Gasteiger partial charge in [-0.3, -0.25) is 0 Å². The molecule has 1 fully saturated rings. The molecule has 90 valence electrons. The lowest BCUT2D eigenvalue weighted by molar-refractivity contribution is 0.409. The van der Waals surface area contributed by atoms with Gasteiger partial charge in [0.1, 0.15) is 0 Å². The van der Waals surface area contributed by atoms with Crippen molar-refractivity contribution in [3.63, 3.8) is 0 Å². The molecule has 1 rings (SSSR count). The zero-order valence-corrected chi connectivity index (χ0v) is 10.5. The predicted octanol–water partition coefficient (Wildman–Crippen LogP) is 0.800. The third kappa shape index (κ3) is 4.09. The Balaban J connectivity index is 2.47. The molecule has 0 aromatic carbocycles. The highest BCUT2D eigenvalue weighted by molar-refractivity contribution is 7.89. The van der Waals surface area contributed by atoms with Crippen LogP contribution in [-0.2, 0) is 10.0 Å². The van der Waals surface area contributed by atoms with E-state index in [9.17, 15) is 8.42 Å². The Morgan fingerprint density at radius 3 is 2.67 bits per heavy atom. The van der Waals surface area contributed by atoms with Crippen molar-refractivity contribution in [2.24, 2.45) is 0 Å². The number of hydrogen-bond donors (Lipinski definition) is 1. The van der Waals surface area contributed by atoms with Crippen LogP contribution in [0.5, 0.6) is 0 Å². The first-order valence-electron chi connectivity index (χ1n) is 5.73. The standard InChI is InChI=1S/C10H22N2O2S/c1-3-8-12(2)15(13,14)9-10-6-4-5-7-11-10/h10-11H,3-9H2,1-2H3. The molecule has 1 heterocycles. The molecule has 0 amide bonds. The van der Waals surface area contributed by atoms with E-state index in [1.807, 2.05) is 6.92 Å². The zero-order valence-electron chi connectivity index (χ0n) is 9.70. The molecular formula is C10H22N2O2S. The Morgan fingerprint density at radius 1 is 1.40 bits per heavy atom. The summed E-state index contributed by atoms with van der Waals surface area (Å²) in [6.45, 7) is 3.57. The number of nitrogens with one attached hydrogen (secondary N) is 1. The molecule has 15 heavy (non-hydrogen) atoms. The second-order valence-electron chi connectivity index (χ2n) is 4.25. The number of hydrogen-bond acceptors (Lipinski definition) is 3. The molecule has 0 bridgehead atoms. The van der Waals surface area contributed by atoms with Gasteiger partial charge in [0.05, 0.1) is 5.75 Å². The lowest BCUT2D eigenvalue weighted by atomic mass is 10.1. The van der Waals surface area contributed by atoms with Gasteiger partial charge >= 0.3 is 0 Å². The van der Waals surface area contributed by atoms with Gasteiger partial charge in [-0.25, -0.2) is 12.7 Å². The molecule has 0 saturated carbocycles. The molecule has 0 spiro atoms. The first kappa shape index (κ1) is 12.9. The Bertz CT molecular complexity index is 271. The van der Waals surface area contributed by atoms with Crippen LogP contribution in [0.25, 0.3) is 0 Å². The Kier molecular flexibility index (Phi) is 5.02. The van der Waals surface area contributed by atoms with E-state index in [1.54, 1.807) is 7.05 Å². The number of nitrogens with zero attached hydrogens (tertiary/aromatic N) is 1. The van der Waals surface area contributed by atoms with Crippen LogP contribution >= 0.6 is 0 Å². The smallest absolute Gasteiger partial charge is 0.215 e. The average molecular weight is 234 g/mol. The summed E-state index contributed by atoms with van der Waals surface area (Å²) in [5.74, 6) is 0.253. The highest BCUT2D eigenvalue weighted by atomic mass is 32.2. The zero-order chi connectivity index (χ0) is 11.3. The fourth-order valence-electron chi connectivity index (χ4n) is 1.90. The highest BCUT2D eigenvalue weighted by Gasteiger charge is 2.23. The molecule has 1 atom stereocenters. The Hall–Kier alpha value is -0.130. The lowest BCUT2D eigenvalue weighted by Gasteiger charge is -2.25. The first-order chi connectivity index (χ1) is 7.06. The van der Waals surface area contributed by atoms with E-state index in [2.05, 4.69) is 5.32 Å². The molecule has 4 nitrogen and oxygen atoms in total. The van der Waals surface area contributed by atoms with E-state index in [1.165, 1.54) is 10.7 Å². The summed E-state index contributed by atoms with van der Waals surface area (Å²) in [6, 6.07) is 0.156. The number of rotatable bonds is 5. The summed E-state index contributed by atoms with van der Waals surface area (Å²) in [5.41, 5.74) is 0. The van der Waals surface area contributed by atoms with Gasteiger partial charge < -0.3 is 5.32 Å². The molecule has 0 aliphatic carbocycles. The highest BCUT2D eigenvalue weighted by Crippen LogP contribution is 2.11. The maximum atomic E-state index is 11.9. The second-order valence-corrected chi connectivity index (χ2v) is 6.37. The van der Waals surface area contributed by atoms with Crippen LogP contribution in [-0.4, -0.2) is 44.7 Å². The molecule has 1 unspecified atom stereocenters. The van der Waals surface area contributed by atoms with Crippen molar-refractivity contribution in [3.05, 3.63) is 0 Å². The van der Waals surface area contributed by atoms with E-state index >= 15 is 0 Å². The number of piperidine rings is 1. The van der Waals surface area contributed by atoms with Crippen molar-refractivity contribution in [3.8, 4) is 0 Å². The van der Waals surface area contributed by atoms with Crippen LogP contribution in [0.2, 0.25) is 0 Å². The van der Waals surface area contributed by atoms with E-state index in [0.29, 0.717) is 6.54 Å². The summed E-state index contributed by atoms with van der Waals surface area (Å²) < 4.78 is 25.2. The quantitative estimate of drug-likeness (QED) is 0.765. The minimum atomic E-state index is -3.05. The van der Waals surface area contributed by atoms with Gasteiger partial charge in [0.15, 0.2) is 0 Å². The molecular weight excluding hydrogens is 212 g/mol. The molecule has 1 aliphatic heterocycles. The molecule has 5 heteroatoms. The minimum Gasteiger partial charge on any atom is -0.313 e. The van der Waals surface area contributed by atoms with Crippen molar-refractivity contribution >= 4 is 10.0 Å². The van der Waals surface area contributed by atoms with Gasteiger partial charge in [-0.1, -0.05) is 13.3 Å². The normalized spacial score (nSPS) is 23.3. The van der Waals surface area contributed by atoms with Gasteiger partial charge in [-0.05, 0) is 25.8 Å². The van der Waals surface area contributed by atoms with Crippen molar-refractivity contribution in [2.75, 3.05) is 25.9 Å². The lowest BCUT2D eigenvalue weighted by Crippen LogP contribution is -2.43. The van der Waals surface area contributed by atoms with Crippen LogP contribution < -0.4 is 5.32 Å². The largest absolute Gasteiger partial charge is 0.313 e. The van der Waals surface area contributed by atoms with Gasteiger partial charge in [-0.2, -0.15) is 0 Å². The van der Waals surface area contributed by atoms with Crippen molar-refractivity contribution in [1.82, 2.24) is 9.62 Å². The van der Waals surface area contributed by atoms with Crippen molar-refractivity contribution < 1.29 is 8.42 Å². The van der Waals surface area contributed by atoms with Gasteiger partial charge in [0.25, 0.3) is 0 Å². The van der Waals surface area contributed by atoms with Gasteiger partial charge in [0.2, 0.25) is 10.0 Å². The van der Waals surface area contributed by atoms with Crippen LogP contribution in [0.3, 0.4) is 0 Å². The number of sulfonamides is 1. The van der Waals surface area contributed by atoms with E-state index in [4.69, 9.17) is 0 Å². The van der Waals surface area contributed by atoms with Gasteiger partial charge in [-0.15, -0.1) is 0 Å². The summed E-state index contributed by atoms with van der Waals surface area (Å²) in [4.78, 5) is 0.